The number of aliphatic hydroxyl groups excluding tert-OH is 1. The molecule has 3 aliphatic rings. The van der Waals surface area contributed by atoms with Crippen LogP contribution < -0.4 is 0 Å². The van der Waals surface area contributed by atoms with Gasteiger partial charge in [0, 0.05) is 18.6 Å². The van der Waals surface area contributed by atoms with Crippen LogP contribution in [0, 0.1) is 0 Å². The Bertz CT molecular complexity index is 524. The number of hydrogen-bond donors (Lipinski definition) is 1. The highest BCUT2D eigenvalue weighted by Gasteiger charge is 2.37. The molecule has 23 heavy (non-hydrogen) atoms. The van der Waals surface area contributed by atoms with Crippen LogP contribution in [0.15, 0.2) is 24.3 Å². The molecular weight excluding hydrogens is 284 g/mol. The van der Waals surface area contributed by atoms with Gasteiger partial charge in [0.1, 0.15) is 0 Å². The Morgan fingerprint density at radius 2 is 1.61 bits per heavy atom. The van der Waals surface area contributed by atoms with Crippen molar-refractivity contribution in [1.29, 1.82) is 0 Å². The molecule has 0 radical (unpaired) electrons. The van der Waals surface area contributed by atoms with Crippen LogP contribution in [-0.2, 0) is 6.42 Å². The van der Waals surface area contributed by atoms with E-state index in [-0.39, 0.29) is 6.10 Å². The first-order chi connectivity index (χ1) is 11.3. The first kappa shape index (κ1) is 15.6. The molecule has 0 aromatic heterocycles. The summed E-state index contributed by atoms with van der Waals surface area (Å²) in [4.78, 5) is 5.33. The molecule has 0 bridgehead atoms. The highest BCUT2D eigenvalue weighted by atomic mass is 16.3. The average molecular weight is 314 g/mol. The van der Waals surface area contributed by atoms with Crippen LogP contribution in [0.2, 0.25) is 0 Å². The first-order valence-corrected chi connectivity index (χ1v) is 9.57. The molecule has 3 atom stereocenters. The summed E-state index contributed by atoms with van der Waals surface area (Å²) in [5, 5.41) is 10.8. The number of nitrogens with zero attached hydrogens (tertiary/aromatic N) is 2. The molecule has 2 aliphatic heterocycles. The normalized spacial score (nSPS) is 33.3. The molecule has 3 unspecified atom stereocenters. The molecule has 3 heteroatoms. The van der Waals surface area contributed by atoms with Gasteiger partial charge in [0.25, 0.3) is 0 Å². The molecule has 2 saturated heterocycles. The van der Waals surface area contributed by atoms with Crippen molar-refractivity contribution in [3.05, 3.63) is 35.4 Å². The van der Waals surface area contributed by atoms with Gasteiger partial charge >= 0.3 is 0 Å². The Morgan fingerprint density at radius 1 is 0.870 bits per heavy atom. The quantitative estimate of drug-likeness (QED) is 0.909. The van der Waals surface area contributed by atoms with Gasteiger partial charge in [-0.25, -0.2) is 0 Å². The Hall–Kier alpha value is -0.900. The van der Waals surface area contributed by atoms with E-state index in [1.165, 1.54) is 57.2 Å². The van der Waals surface area contributed by atoms with Gasteiger partial charge in [-0.05, 0) is 62.9 Å². The van der Waals surface area contributed by atoms with Crippen molar-refractivity contribution in [3.8, 4) is 0 Å². The first-order valence-electron chi connectivity index (χ1n) is 9.57. The predicted molar refractivity (Wildman–Crippen MR) is 93.5 cm³/mol. The van der Waals surface area contributed by atoms with E-state index < -0.39 is 0 Å². The fourth-order valence-corrected chi connectivity index (χ4v) is 4.92. The van der Waals surface area contributed by atoms with E-state index >= 15 is 0 Å². The zero-order valence-electron chi connectivity index (χ0n) is 14.2. The molecule has 4 rings (SSSR count). The molecule has 1 aromatic carbocycles. The summed E-state index contributed by atoms with van der Waals surface area (Å²) in [5.41, 5.74) is 2.51. The largest absolute Gasteiger partial charge is 0.387 e. The van der Waals surface area contributed by atoms with Crippen LogP contribution in [0.1, 0.15) is 55.8 Å². The Labute approximate surface area is 140 Å². The molecule has 2 heterocycles. The Kier molecular flexibility index (Phi) is 4.70. The zero-order chi connectivity index (χ0) is 15.6. The third-order valence-electron chi connectivity index (χ3n) is 6.22. The van der Waals surface area contributed by atoms with Crippen molar-refractivity contribution >= 4 is 0 Å². The fraction of sp³-hybridized carbons (Fsp3) is 0.700. The second-order valence-electron chi connectivity index (χ2n) is 7.66. The van der Waals surface area contributed by atoms with Crippen molar-refractivity contribution in [2.45, 2.75) is 63.1 Å². The summed E-state index contributed by atoms with van der Waals surface area (Å²) in [6.45, 7) is 4.87. The highest BCUT2D eigenvalue weighted by molar-refractivity contribution is 5.36. The fourth-order valence-electron chi connectivity index (χ4n) is 4.92. The van der Waals surface area contributed by atoms with Crippen LogP contribution in [0.5, 0.6) is 0 Å². The number of fused-ring (bicyclic) bond motifs is 1. The monoisotopic (exact) mass is 314 g/mol. The van der Waals surface area contributed by atoms with Gasteiger partial charge in [0.15, 0.2) is 0 Å². The average Bonchev–Trinajstić information content (AvgIpc) is 2.78. The topological polar surface area (TPSA) is 26.7 Å². The number of rotatable bonds is 2. The number of hydrogen-bond acceptors (Lipinski definition) is 3. The van der Waals surface area contributed by atoms with Gasteiger partial charge in [0.2, 0.25) is 0 Å². The molecule has 3 nitrogen and oxygen atoms in total. The van der Waals surface area contributed by atoms with Crippen molar-refractivity contribution in [2.24, 2.45) is 0 Å². The molecular formula is C20H30N2O. The van der Waals surface area contributed by atoms with E-state index in [9.17, 15) is 5.11 Å². The Balaban J connectivity index is 1.44. The van der Waals surface area contributed by atoms with E-state index in [0.29, 0.717) is 12.1 Å². The summed E-state index contributed by atoms with van der Waals surface area (Å²) in [6.07, 6.45) is 8.89. The second kappa shape index (κ2) is 6.92. The maximum atomic E-state index is 10.8. The zero-order valence-corrected chi connectivity index (χ0v) is 14.2. The lowest BCUT2D eigenvalue weighted by Crippen LogP contribution is -2.52. The second-order valence-corrected chi connectivity index (χ2v) is 7.66. The standard InChI is InChI=1S/C20H30N2O/c23-20-18-10-4-3-8-16(18)14-19(20)22-13-7-9-17(15-22)21-11-5-1-2-6-12-21/h3-4,8,10,17,19-20,23H,1-2,5-7,9,11-15H2. The minimum Gasteiger partial charge on any atom is -0.387 e. The summed E-state index contributed by atoms with van der Waals surface area (Å²) >= 11 is 0. The van der Waals surface area contributed by atoms with Gasteiger partial charge in [-0.15, -0.1) is 0 Å². The van der Waals surface area contributed by atoms with Crippen LogP contribution >= 0.6 is 0 Å². The maximum Gasteiger partial charge on any atom is 0.0951 e. The molecule has 126 valence electrons. The summed E-state index contributed by atoms with van der Waals surface area (Å²) in [5.74, 6) is 0. The van der Waals surface area contributed by atoms with Gasteiger partial charge in [-0.2, -0.15) is 0 Å². The van der Waals surface area contributed by atoms with E-state index in [1.807, 2.05) is 0 Å². The third kappa shape index (κ3) is 3.19. The molecule has 1 N–H and O–H groups in total. The summed E-state index contributed by atoms with van der Waals surface area (Å²) < 4.78 is 0. The third-order valence-corrected chi connectivity index (χ3v) is 6.22. The minimum absolute atomic E-state index is 0.294. The lowest BCUT2D eigenvalue weighted by atomic mass is 10.00. The van der Waals surface area contributed by atoms with Crippen molar-refractivity contribution in [1.82, 2.24) is 9.80 Å². The van der Waals surface area contributed by atoms with Crippen molar-refractivity contribution in [2.75, 3.05) is 26.2 Å². The van der Waals surface area contributed by atoms with E-state index in [2.05, 4.69) is 34.1 Å². The summed E-state index contributed by atoms with van der Waals surface area (Å²) in [6, 6.07) is 9.45. The Morgan fingerprint density at radius 3 is 2.39 bits per heavy atom. The summed E-state index contributed by atoms with van der Waals surface area (Å²) in [7, 11) is 0. The molecule has 2 fully saturated rings. The van der Waals surface area contributed by atoms with Crippen LogP contribution in [0.3, 0.4) is 0 Å². The molecule has 0 saturated carbocycles. The molecule has 0 amide bonds. The van der Waals surface area contributed by atoms with Gasteiger partial charge < -0.3 is 5.11 Å². The van der Waals surface area contributed by atoms with E-state index in [4.69, 9.17) is 0 Å². The van der Waals surface area contributed by atoms with Crippen molar-refractivity contribution in [3.63, 3.8) is 0 Å². The highest BCUT2D eigenvalue weighted by Crippen LogP contribution is 2.36. The minimum atomic E-state index is -0.297. The van der Waals surface area contributed by atoms with Crippen LogP contribution in [0.4, 0.5) is 0 Å². The SMILES string of the molecule is OC1c2ccccc2CC1N1CCCC(N2CCCCCC2)C1. The molecule has 0 spiro atoms. The van der Waals surface area contributed by atoms with E-state index in [1.54, 1.807) is 0 Å². The number of piperidine rings is 1. The van der Waals surface area contributed by atoms with Crippen LogP contribution in [0.25, 0.3) is 0 Å². The lowest BCUT2D eigenvalue weighted by Gasteiger charge is -2.42. The van der Waals surface area contributed by atoms with Crippen LogP contribution in [-0.4, -0.2) is 53.2 Å². The smallest absolute Gasteiger partial charge is 0.0951 e. The number of aliphatic hydroxyl groups is 1. The maximum absolute atomic E-state index is 10.8. The predicted octanol–water partition coefficient (Wildman–Crippen LogP) is 2.99. The van der Waals surface area contributed by atoms with Gasteiger partial charge in [-0.3, -0.25) is 9.80 Å². The van der Waals surface area contributed by atoms with E-state index in [0.717, 1.165) is 25.1 Å². The molecule has 1 aliphatic carbocycles. The molecule has 1 aromatic rings. The van der Waals surface area contributed by atoms with Gasteiger partial charge in [0.05, 0.1) is 6.10 Å². The number of likely N-dealkylation sites (tertiary alicyclic amines) is 2. The van der Waals surface area contributed by atoms with Crippen molar-refractivity contribution < 1.29 is 5.11 Å². The number of benzene rings is 1. The van der Waals surface area contributed by atoms with Gasteiger partial charge in [-0.1, -0.05) is 37.1 Å². The lowest BCUT2D eigenvalue weighted by molar-refractivity contribution is 0.0180.